The van der Waals surface area contributed by atoms with E-state index >= 15 is 0 Å². The zero-order valence-corrected chi connectivity index (χ0v) is 20.5. The molecule has 0 saturated carbocycles. The second-order valence-electron chi connectivity index (χ2n) is 9.58. The monoisotopic (exact) mass is 577 g/mol. The van der Waals surface area contributed by atoms with Gasteiger partial charge < -0.3 is 10.1 Å². The Morgan fingerprint density at radius 3 is 1.53 bits per heavy atom. The molecule has 220 valence electrons. The van der Waals surface area contributed by atoms with Gasteiger partial charge in [0.05, 0.1) is 0 Å². The van der Waals surface area contributed by atoms with Gasteiger partial charge >= 0.3 is 41.6 Å². The number of hydrogen-bond acceptors (Lipinski definition) is 2. The highest BCUT2D eigenvalue weighted by Crippen LogP contribution is 2.61. The van der Waals surface area contributed by atoms with Crippen molar-refractivity contribution in [2.75, 3.05) is 6.54 Å². The Morgan fingerprint density at radius 1 is 0.684 bits per heavy atom. The number of carbonyl (C=O) groups is 1. The fourth-order valence-electron chi connectivity index (χ4n) is 3.14. The van der Waals surface area contributed by atoms with E-state index in [1.54, 1.807) is 0 Å². The highest BCUT2D eigenvalue weighted by atomic mass is 19.4. The average Bonchev–Trinajstić information content (AvgIpc) is 2.75. The molecule has 0 saturated heterocycles. The van der Waals surface area contributed by atoms with E-state index in [1.165, 1.54) is 51.1 Å². The third-order valence-corrected chi connectivity index (χ3v) is 5.24. The molecule has 1 N–H and O–H groups in total. The van der Waals surface area contributed by atoms with Gasteiger partial charge in [0, 0.05) is 19.4 Å². The van der Waals surface area contributed by atoms with Gasteiger partial charge in [-0.05, 0) is 45.6 Å². The van der Waals surface area contributed by atoms with Crippen molar-refractivity contribution >= 4 is 6.09 Å². The first-order valence-electron chi connectivity index (χ1n) is 11.2. The van der Waals surface area contributed by atoms with E-state index in [9.17, 15) is 57.5 Å². The molecule has 0 fully saturated rings. The first-order chi connectivity index (χ1) is 16.9. The van der Waals surface area contributed by atoms with Crippen LogP contribution in [0.1, 0.15) is 52.0 Å². The molecule has 3 nitrogen and oxygen atoms in total. The fraction of sp³-hybridized carbons (Fsp3) is 0.696. The molecule has 0 radical (unpaired) electrons. The van der Waals surface area contributed by atoms with Crippen LogP contribution in [0.15, 0.2) is 30.3 Å². The molecule has 1 aromatic rings. The molecule has 1 rings (SSSR count). The van der Waals surface area contributed by atoms with Crippen LogP contribution >= 0.6 is 0 Å². The molecule has 0 spiro atoms. The Kier molecular flexibility index (Phi) is 10.1. The first-order valence-corrected chi connectivity index (χ1v) is 11.2. The minimum Gasteiger partial charge on any atom is -0.444 e. The normalized spacial score (nSPS) is 14.4. The quantitative estimate of drug-likeness (QED) is 0.190. The summed E-state index contributed by atoms with van der Waals surface area (Å²) in [4.78, 5) is 11.4. The van der Waals surface area contributed by atoms with E-state index in [-0.39, 0.29) is 6.42 Å². The first kappa shape index (κ1) is 33.7. The average molecular weight is 577 g/mol. The van der Waals surface area contributed by atoms with Crippen molar-refractivity contribution in [1.29, 1.82) is 0 Å². The Morgan fingerprint density at radius 2 is 1.11 bits per heavy atom. The number of amides is 1. The van der Waals surface area contributed by atoms with Crippen LogP contribution in [-0.2, 0) is 11.2 Å². The van der Waals surface area contributed by atoms with Crippen molar-refractivity contribution in [2.45, 2.75) is 94.0 Å². The third kappa shape index (κ3) is 7.19. The minimum atomic E-state index is -7.60. The van der Waals surface area contributed by atoms with Crippen molar-refractivity contribution in [3.05, 3.63) is 35.9 Å². The van der Waals surface area contributed by atoms with Crippen LogP contribution in [-0.4, -0.2) is 53.8 Å². The molecule has 0 heterocycles. The highest BCUT2D eigenvalue weighted by molar-refractivity contribution is 5.67. The van der Waals surface area contributed by atoms with Crippen LogP contribution in [0.4, 0.5) is 57.5 Å². The van der Waals surface area contributed by atoms with E-state index in [1.807, 2.05) is 5.32 Å². The van der Waals surface area contributed by atoms with Gasteiger partial charge in [0.15, 0.2) is 0 Å². The zero-order chi connectivity index (χ0) is 29.8. The number of carbonyl (C=O) groups excluding carboxylic acids is 1. The molecular formula is C23H27F12NO2. The Bertz CT molecular complexity index is 915. The molecule has 0 aliphatic carbocycles. The van der Waals surface area contributed by atoms with Gasteiger partial charge in [0.25, 0.3) is 0 Å². The van der Waals surface area contributed by atoms with E-state index in [4.69, 9.17) is 4.74 Å². The van der Waals surface area contributed by atoms with E-state index in [2.05, 4.69) is 0 Å². The van der Waals surface area contributed by atoms with Crippen LogP contribution in [0.2, 0.25) is 0 Å². The van der Waals surface area contributed by atoms with Crippen molar-refractivity contribution in [3.8, 4) is 0 Å². The predicted molar refractivity (Wildman–Crippen MR) is 113 cm³/mol. The maximum absolute atomic E-state index is 14.0. The van der Waals surface area contributed by atoms with Gasteiger partial charge in [0.1, 0.15) is 5.60 Å². The van der Waals surface area contributed by atoms with E-state index < -0.39 is 79.5 Å². The van der Waals surface area contributed by atoms with Crippen LogP contribution in [0.5, 0.6) is 0 Å². The molecule has 0 atom stereocenters. The summed E-state index contributed by atoms with van der Waals surface area (Å²) in [7, 11) is 0. The Balaban J connectivity index is 2.99. The molecule has 0 aliphatic rings. The number of nitrogens with one attached hydrogen (secondary N) is 1. The number of alkyl carbamates (subject to hydrolysis) is 1. The third-order valence-electron chi connectivity index (χ3n) is 5.24. The number of rotatable bonds is 13. The van der Waals surface area contributed by atoms with E-state index in [0.29, 0.717) is 5.56 Å². The number of aryl methyl sites for hydroxylation is 1. The number of benzene rings is 1. The number of halogens is 12. The van der Waals surface area contributed by atoms with Crippen molar-refractivity contribution in [2.24, 2.45) is 0 Å². The van der Waals surface area contributed by atoms with Crippen LogP contribution in [0.3, 0.4) is 0 Å². The highest BCUT2D eigenvalue weighted by Gasteiger charge is 2.89. The lowest BCUT2D eigenvalue weighted by molar-refractivity contribution is -0.425. The molecule has 1 amide bonds. The van der Waals surface area contributed by atoms with E-state index in [0.717, 1.165) is 0 Å². The molecule has 0 unspecified atom stereocenters. The summed E-state index contributed by atoms with van der Waals surface area (Å²) < 4.78 is 173. The number of hydrogen-bond donors (Lipinski definition) is 1. The van der Waals surface area contributed by atoms with Crippen molar-refractivity contribution < 1.29 is 62.2 Å². The lowest BCUT2D eigenvalue weighted by atomic mass is 9.88. The molecular weight excluding hydrogens is 550 g/mol. The molecule has 15 heteroatoms. The maximum Gasteiger partial charge on any atom is 0.407 e. The summed E-state index contributed by atoms with van der Waals surface area (Å²) in [5.74, 6) is -41.5. The zero-order valence-electron chi connectivity index (χ0n) is 20.5. The van der Waals surface area contributed by atoms with Crippen LogP contribution in [0, 0.1) is 0 Å². The van der Waals surface area contributed by atoms with Gasteiger partial charge in [-0.3, -0.25) is 0 Å². The summed E-state index contributed by atoms with van der Waals surface area (Å²) in [6.07, 6.45) is -8.15. The topological polar surface area (TPSA) is 38.3 Å². The molecule has 0 aromatic heterocycles. The summed E-state index contributed by atoms with van der Waals surface area (Å²) >= 11 is 0. The van der Waals surface area contributed by atoms with Gasteiger partial charge in [0.2, 0.25) is 0 Å². The lowest BCUT2D eigenvalue weighted by Gasteiger charge is -2.41. The van der Waals surface area contributed by atoms with Gasteiger partial charge in [-0.25, -0.2) is 4.79 Å². The molecule has 0 bridgehead atoms. The van der Waals surface area contributed by atoms with Crippen LogP contribution in [0.25, 0.3) is 0 Å². The standard InChI is InChI=1S/C23H27F12NO2/c1-17(2,3)38-16(37)36-14-8-13-19(26,27)21(30,31)23(34,35)22(32,33)20(28,29)18(24,25)12-7-11-15-9-5-4-6-10-15/h4-6,9-10H,7-8,11-14H2,1-3H3,(H,36,37). The fourth-order valence-corrected chi connectivity index (χ4v) is 3.14. The van der Waals surface area contributed by atoms with Crippen molar-refractivity contribution in [3.63, 3.8) is 0 Å². The Hall–Kier alpha value is -2.35. The van der Waals surface area contributed by atoms with Gasteiger partial charge in [-0.1, -0.05) is 30.3 Å². The predicted octanol–water partition coefficient (Wildman–Crippen LogP) is 8.13. The molecule has 1 aromatic carbocycles. The summed E-state index contributed by atoms with van der Waals surface area (Å²) in [6, 6.07) is 7.12. The Labute approximate surface area is 210 Å². The smallest absolute Gasteiger partial charge is 0.407 e. The largest absolute Gasteiger partial charge is 0.444 e. The van der Waals surface area contributed by atoms with Crippen LogP contribution < -0.4 is 5.32 Å². The maximum atomic E-state index is 14.0. The van der Waals surface area contributed by atoms with Gasteiger partial charge in [-0.15, -0.1) is 0 Å². The molecule has 0 aliphatic heterocycles. The number of alkyl halides is 12. The summed E-state index contributed by atoms with van der Waals surface area (Å²) in [5, 5.41) is 1.81. The van der Waals surface area contributed by atoms with Gasteiger partial charge in [-0.2, -0.15) is 52.7 Å². The summed E-state index contributed by atoms with van der Waals surface area (Å²) in [6.45, 7) is 3.35. The molecule has 38 heavy (non-hydrogen) atoms. The summed E-state index contributed by atoms with van der Waals surface area (Å²) in [5.41, 5.74) is -0.750. The SMILES string of the molecule is CC(C)(C)OC(=O)NCCCC(F)(F)C(F)(F)C(F)(F)C(F)(F)C(F)(F)C(F)(F)CCCc1ccccc1. The second kappa shape index (κ2) is 11.4. The second-order valence-corrected chi connectivity index (χ2v) is 9.58. The lowest BCUT2D eigenvalue weighted by Crippen LogP contribution is -2.70. The minimum absolute atomic E-state index is 0.302. The van der Waals surface area contributed by atoms with Crippen molar-refractivity contribution in [1.82, 2.24) is 5.32 Å². The number of ether oxygens (including phenoxy) is 1.